The van der Waals surface area contributed by atoms with Crippen molar-refractivity contribution in [2.75, 3.05) is 24.2 Å². The van der Waals surface area contributed by atoms with Gasteiger partial charge >= 0.3 is 5.69 Å². The number of rotatable bonds is 7. The number of amides is 2. The summed E-state index contributed by atoms with van der Waals surface area (Å²) >= 11 is 0. The van der Waals surface area contributed by atoms with Crippen molar-refractivity contribution in [3.8, 4) is 0 Å². The monoisotopic (exact) mass is 325 g/mol. The number of H-pyrrole nitrogens is 1. The molecule has 23 heavy (non-hydrogen) atoms. The molecule has 0 radical (unpaired) electrons. The number of hydrogen-bond acceptors (Lipinski definition) is 5. The van der Waals surface area contributed by atoms with E-state index in [2.05, 4.69) is 10.3 Å². The molecule has 1 rings (SSSR count). The predicted molar refractivity (Wildman–Crippen MR) is 87.4 cm³/mol. The molecule has 9 heteroatoms. The summed E-state index contributed by atoms with van der Waals surface area (Å²) in [6, 6.07) is 0. The van der Waals surface area contributed by atoms with E-state index in [0.29, 0.717) is 6.54 Å². The first kappa shape index (κ1) is 18.5. The predicted octanol–water partition coefficient (Wildman–Crippen LogP) is -0.592. The molecule has 0 aliphatic rings. The SMILES string of the molecule is CCCCn1c(N)c(N(C)C(=O)CCNC(C)=O)c(=O)[nH]c1=O. The highest BCUT2D eigenvalue weighted by atomic mass is 16.2. The smallest absolute Gasteiger partial charge is 0.330 e. The Labute approximate surface area is 133 Å². The molecule has 1 aromatic rings. The van der Waals surface area contributed by atoms with Crippen LogP contribution in [0.3, 0.4) is 0 Å². The first-order chi connectivity index (χ1) is 10.8. The van der Waals surface area contributed by atoms with Crippen LogP contribution < -0.4 is 27.2 Å². The van der Waals surface area contributed by atoms with Gasteiger partial charge in [-0.3, -0.25) is 23.9 Å². The van der Waals surface area contributed by atoms with Crippen molar-refractivity contribution in [3.63, 3.8) is 0 Å². The lowest BCUT2D eigenvalue weighted by Crippen LogP contribution is -2.40. The third-order valence-corrected chi connectivity index (χ3v) is 3.37. The molecule has 0 unspecified atom stereocenters. The molecule has 0 aromatic carbocycles. The van der Waals surface area contributed by atoms with Gasteiger partial charge in [0.05, 0.1) is 0 Å². The fourth-order valence-electron chi connectivity index (χ4n) is 2.08. The highest BCUT2D eigenvalue weighted by Crippen LogP contribution is 2.16. The van der Waals surface area contributed by atoms with Crippen molar-refractivity contribution in [3.05, 3.63) is 20.8 Å². The Morgan fingerprint density at radius 1 is 1.35 bits per heavy atom. The fraction of sp³-hybridized carbons (Fsp3) is 0.571. The van der Waals surface area contributed by atoms with Crippen LogP contribution in [0.15, 0.2) is 9.59 Å². The number of anilines is 2. The average molecular weight is 325 g/mol. The molecule has 1 heterocycles. The van der Waals surface area contributed by atoms with E-state index in [1.165, 1.54) is 18.5 Å². The van der Waals surface area contributed by atoms with Gasteiger partial charge in [-0.05, 0) is 6.42 Å². The minimum atomic E-state index is -0.712. The Kier molecular flexibility index (Phi) is 6.55. The number of hydrogen-bond donors (Lipinski definition) is 3. The third-order valence-electron chi connectivity index (χ3n) is 3.37. The second-order valence-corrected chi connectivity index (χ2v) is 5.18. The van der Waals surface area contributed by atoms with Crippen LogP contribution in [0.4, 0.5) is 11.5 Å². The van der Waals surface area contributed by atoms with Crippen molar-refractivity contribution < 1.29 is 9.59 Å². The zero-order chi connectivity index (χ0) is 17.6. The van der Waals surface area contributed by atoms with Crippen LogP contribution in [0, 0.1) is 0 Å². The molecule has 2 amide bonds. The zero-order valence-electron chi connectivity index (χ0n) is 13.6. The number of carbonyl (C=O) groups is 2. The maximum atomic E-state index is 12.1. The van der Waals surface area contributed by atoms with Gasteiger partial charge in [-0.2, -0.15) is 0 Å². The van der Waals surface area contributed by atoms with Crippen LogP contribution >= 0.6 is 0 Å². The lowest BCUT2D eigenvalue weighted by Gasteiger charge is -2.20. The topological polar surface area (TPSA) is 130 Å². The number of nitrogens with one attached hydrogen (secondary N) is 2. The standard InChI is InChI=1S/C14H23N5O4/c1-4-5-8-19-12(15)11(13(22)17-14(19)23)18(3)10(21)6-7-16-9(2)20/h4-8,15H2,1-3H3,(H,16,20)(H,17,22,23). The summed E-state index contributed by atoms with van der Waals surface area (Å²) in [5.41, 5.74) is 4.55. The van der Waals surface area contributed by atoms with E-state index < -0.39 is 17.2 Å². The van der Waals surface area contributed by atoms with Crippen molar-refractivity contribution in [2.24, 2.45) is 0 Å². The first-order valence-corrected chi connectivity index (χ1v) is 7.43. The molecule has 0 saturated heterocycles. The van der Waals surface area contributed by atoms with Crippen LogP contribution in [0.25, 0.3) is 0 Å². The highest BCUT2D eigenvalue weighted by molar-refractivity contribution is 5.95. The van der Waals surface area contributed by atoms with Gasteiger partial charge in [-0.1, -0.05) is 13.3 Å². The number of nitrogens with two attached hydrogens (primary N) is 1. The normalized spacial score (nSPS) is 10.4. The zero-order valence-corrected chi connectivity index (χ0v) is 13.6. The number of unbranched alkanes of at least 4 members (excludes halogenated alkanes) is 1. The molecular weight excluding hydrogens is 302 g/mol. The lowest BCUT2D eigenvalue weighted by molar-refractivity contribution is -0.119. The van der Waals surface area contributed by atoms with Gasteiger partial charge in [0.15, 0.2) is 5.69 Å². The molecule has 0 aliphatic carbocycles. The fourth-order valence-corrected chi connectivity index (χ4v) is 2.08. The van der Waals surface area contributed by atoms with Crippen LogP contribution in [0.2, 0.25) is 0 Å². The first-order valence-electron chi connectivity index (χ1n) is 7.43. The van der Waals surface area contributed by atoms with Gasteiger partial charge in [-0.25, -0.2) is 4.79 Å². The highest BCUT2D eigenvalue weighted by Gasteiger charge is 2.20. The van der Waals surface area contributed by atoms with Gasteiger partial charge in [-0.15, -0.1) is 0 Å². The molecule has 1 aromatic heterocycles. The lowest BCUT2D eigenvalue weighted by atomic mass is 10.3. The Morgan fingerprint density at radius 2 is 2.00 bits per heavy atom. The Balaban J connectivity index is 3.06. The van der Waals surface area contributed by atoms with Gasteiger partial charge < -0.3 is 16.0 Å². The number of nitrogens with zero attached hydrogens (tertiary/aromatic N) is 2. The van der Waals surface area contributed by atoms with Gasteiger partial charge in [0.2, 0.25) is 11.8 Å². The Morgan fingerprint density at radius 3 is 2.57 bits per heavy atom. The summed E-state index contributed by atoms with van der Waals surface area (Å²) in [6.07, 6.45) is 1.59. The van der Waals surface area contributed by atoms with Crippen molar-refractivity contribution in [1.82, 2.24) is 14.9 Å². The number of aromatic amines is 1. The van der Waals surface area contributed by atoms with E-state index in [9.17, 15) is 19.2 Å². The second kappa shape index (κ2) is 8.16. The van der Waals surface area contributed by atoms with Gasteiger partial charge in [0.1, 0.15) is 5.82 Å². The number of carbonyl (C=O) groups excluding carboxylic acids is 2. The molecule has 0 atom stereocenters. The van der Waals surface area contributed by atoms with Crippen LogP contribution in [-0.4, -0.2) is 35.0 Å². The molecule has 0 aliphatic heterocycles. The van der Waals surface area contributed by atoms with E-state index in [-0.39, 0.29) is 30.4 Å². The van der Waals surface area contributed by atoms with E-state index in [4.69, 9.17) is 5.73 Å². The maximum Gasteiger partial charge on any atom is 0.330 e. The van der Waals surface area contributed by atoms with E-state index in [1.807, 2.05) is 6.92 Å². The number of nitrogen functional groups attached to an aromatic ring is 1. The molecule has 128 valence electrons. The summed E-state index contributed by atoms with van der Waals surface area (Å²) in [4.78, 5) is 50.0. The average Bonchev–Trinajstić information content (AvgIpc) is 2.46. The van der Waals surface area contributed by atoms with Crippen molar-refractivity contribution in [1.29, 1.82) is 0 Å². The minimum absolute atomic E-state index is 0.0169. The third kappa shape index (κ3) is 4.70. The summed E-state index contributed by atoms with van der Waals surface area (Å²) in [5.74, 6) is -0.676. The summed E-state index contributed by atoms with van der Waals surface area (Å²) in [5, 5.41) is 2.50. The Hall–Kier alpha value is -2.58. The van der Waals surface area contributed by atoms with E-state index >= 15 is 0 Å². The molecule has 0 bridgehead atoms. The summed E-state index contributed by atoms with van der Waals surface area (Å²) in [6.45, 7) is 3.83. The molecular formula is C14H23N5O4. The van der Waals surface area contributed by atoms with Crippen molar-refractivity contribution in [2.45, 2.75) is 39.7 Å². The molecule has 0 fully saturated rings. The molecule has 4 N–H and O–H groups in total. The van der Waals surface area contributed by atoms with Gasteiger partial charge in [0, 0.05) is 33.5 Å². The number of aromatic nitrogens is 2. The summed E-state index contributed by atoms with van der Waals surface area (Å²) < 4.78 is 1.25. The van der Waals surface area contributed by atoms with Crippen LogP contribution in [0.5, 0.6) is 0 Å². The quantitative estimate of drug-likeness (QED) is 0.616. The maximum absolute atomic E-state index is 12.1. The van der Waals surface area contributed by atoms with Crippen LogP contribution in [0.1, 0.15) is 33.1 Å². The largest absolute Gasteiger partial charge is 0.383 e. The summed E-state index contributed by atoms with van der Waals surface area (Å²) in [7, 11) is 1.41. The van der Waals surface area contributed by atoms with Crippen LogP contribution in [-0.2, 0) is 16.1 Å². The van der Waals surface area contributed by atoms with E-state index in [1.54, 1.807) is 0 Å². The Bertz CT molecular complexity index is 691. The van der Waals surface area contributed by atoms with Gasteiger partial charge in [0.25, 0.3) is 5.56 Å². The van der Waals surface area contributed by atoms with Crippen molar-refractivity contribution >= 4 is 23.3 Å². The minimum Gasteiger partial charge on any atom is -0.383 e. The van der Waals surface area contributed by atoms with E-state index in [0.717, 1.165) is 17.7 Å². The molecule has 0 spiro atoms. The molecule has 0 saturated carbocycles. The molecule has 9 nitrogen and oxygen atoms in total. The second-order valence-electron chi connectivity index (χ2n) is 5.18.